The van der Waals surface area contributed by atoms with Gasteiger partial charge in [-0.05, 0) is 61.4 Å². The van der Waals surface area contributed by atoms with E-state index in [1.54, 1.807) is 36.4 Å². The summed E-state index contributed by atoms with van der Waals surface area (Å²) in [7, 11) is 1.50. The lowest BCUT2D eigenvalue weighted by molar-refractivity contribution is -0.112. The number of carbonyl (C=O) groups excluding carboxylic acids is 1. The molecule has 1 amide bonds. The number of nitrogens with one attached hydrogen (secondary N) is 1. The Balaban J connectivity index is 2.30. The highest BCUT2D eigenvalue weighted by Crippen LogP contribution is 2.38. The van der Waals surface area contributed by atoms with Crippen molar-refractivity contribution in [2.24, 2.45) is 0 Å². The Morgan fingerprint density at radius 1 is 1.29 bits per heavy atom. The normalized spacial score (nSPS) is 12.1. The van der Waals surface area contributed by atoms with Crippen LogP contribution in [0.1, 0.15) is 25.8 Å². The van der Waals surface area contributed by atoms with Gasteiger partial charge in [-0.2, -0.15) is 5.26 Å². The molecule has 0 aliphatic heterocycles. The largest absolute Gasteiger partial charge is 0.493 e. The molecule has 0 unspecified atom stereocenters. The minimum absolute atomic E-state index is 0.0346. The number of benzene rings is 2. The zero-order valence-corrected chi connectivity index (χ0v) is 17.3. The minimum Gasteiger partial charge on any atom is -0.493 e. The van der Waals surface area contributed by atoms with E-state index in [2.05, 4.69) is 5.32 Å². The highest BCUT2D eigenvalue weighted by Gasteiger charge is 2.16. The maximum atomic E-state index is 12.4. The number of nitrogens with zero attached hydrogens (tertiary/aromatic N) is 1. The quantitative estimate of drug-likeness (QED) is 0.460. The topological polar surface area (TPSA) is 71.3 Å². The number of nitriles is 1. The lowest BCUT2D eigenvalue weighted by atomic mass is 10.1. The van der Waals surface area contributed by atoms with Gasteiger partial charge < -0.3 is 14.8 Å². The smallest absolute Gasteiger partial charge is 0.266 e. The third-order valence-corrected chi connectivity index (χ3v) is 4.46. The van der Waals surface area contributed by atoms with Gasteiger partial charge in [0.2, 0.25) is 0 Å². The van der Waals surface area contributed by atoms with Crippen LogP contribution in [0.5, 0.6) is 11.5 Å². The van der Waals surface area contributed by atoms with Crippen molar-refractivity contribution in [1.29, 1.82) is 5.26 Å². The molecule has 2 aromatic carbocycles. The van der Waals surface area contributed by atoms with Gasteiger partial charge in [0, 0.05) is 10.7 Å². The maximum Gasteiger partial charge on any atom is 0.266 e. The van der Waals surface area contributed by atoms with Crippen molar-refractivity contribution in [3.05, 3.63) is 57.6 Å². The van der Waals surface area contributed by atoms with Crippen LogP contribution in [0.15, 0.2) is 42.0 Å². The second kappa shape index (κ2) is 10.0. The summed E-state index contributed by atoms with van der Waals surface area (Å²) >= 11 is 12.2. The third-order valence-electron chi connectivity index (χ3n) is 3.92. The Morgan fingerprint density at radius 2 is 1.96 bits per heavy atom. The molecule has 0 spiro atoms. The highest BCUT2D eigenvalue weighted by molar-refractivity contribution is 6.32. The predicted molar refractivity (Wildman–Crippen MR) is 112 cm³/mol. The lowest BCUT2D eigenvalue weighted by Gasteiger charge is -2.17. The number of rotatable bonds is 7. The molecular formula is C21H20Cl2N2O3. The van der Waals surface area contributed by atoms with Crippen molar-refractivity contribution < 1.29 is 14.3 Å². The lowest BCUT2D eigenvalue weighted by Crippen LogP contribution is -2.13. The van der Waals surface area contributed by atoms with Crippen molar-refractivity contribution in [3.63, 3.8) is 0 Å². The number of halogens is 2. The summed E-state index contributed by atoms with van der Waals surface area (Å²) in [5.74, 6) is 0.314. The summed E-state index contributed by atoms with van der Waals surface area (Å²) in [4.78, 5) is 12.4. The van der Waals surface area contributed by atoms with Crippen LogP contribution in [-0.2, 0) is 4.79 Å². The Bertz CT molecular complexity index is 918. The molecule has 146 valence electrons. The summed E-state index contributed by atoms with van der Waals surface area (Å²) in [6.07, 6.45) is 2.21. The molecule has 7 heteroatoms. The van der Waals surface area contributed by atoms with E-state index in [9.17, 15) is 10.1 Å². The van der Waals surface area contributed by atoms with Gasteiger partial charge in [0.05, 0.1) is 18.2 Å². The second-order valence-electron chi connectivity index (χ2n) is 6.00. The fraction of sp³-hybridized carbons (Fsp3) is 0.238. The number of hydrogen-bond acceptors (Lipinski definition) is 4. The molecule has 2 aromatic rings. The van der Waals surface area contributed by atoms with Gasteiger partial charge in [-0.15, -0.1) is 0 Å². The standard InChI is InChI=1S/C21H20Cl2N2O3/c1-4-13(2)28-20-18(23)10-14(11-19(20)27-3)9-15(12-24)21(26)25-17-7-5-16(22)6-8-17/h5-11,13H,4H2,1-3H3,(H,25,26)/b15-9-/t13-/m0/s1. The van der Waals surface area contributed by atoms with Crippen LogP contribution in [0.2, 0.25) is 10.0 Å². The number of hydrogen-bond donors (Lipinski definition) is 1. The van der Waals surface area contributed by atoms with Crippen LogP contribution < -0.4 is 14.8 Å². The maximum absolute atomic E-state index is 12.4. The first-order valence-corrected chi connectivity index (χ1v) is 9.36. The molecule has 0 saturated heterocycles. The molecule has 0 aromatic heterocycles. The Labute approximate surface area is 174 Å². The van der Waals surface area contributed by atoms with E-state index in [4.69, 9.17) is 32.7 Å². The monoisotopic (exact) mass is 418 g/mol. The summed E-state index contributed by atoms with van der Waals surface area (Å²) in [6.45, 7) is 3.93. The Hall–Kier alpha value is -2.68. The molecule has 1 N–H and O–H groups in total. The van der Waals surface area contributed by atoms with Crippen LogP contribution in [0.25, 0.3) is 6.08 Å². The highest BCUT2D eigenvalue weighted by atomic mass is 35.5. The van der Waals surface area contributed by atoms with Crippen molar-refractivity contribution in [2.75, 3.05) is 12.4 Å². The molecular weight excluding hydrogens is 399 g/mol. The van der Waals surface area contributed by atoms with Gasteiger partial charge in [-0.25, -0.2) is 0 Å². The number of carbonyl (C=O) groups is 1. The van der Waals surface area contributed by atoms with E-state index in [-0.39, 0.29) is 11.7 Å². The van der Waals surface area contributed by atoms with E-state index >= 15 is 0 Å². The van der Waals surface area contributed by atoms with E-state index < -0.39 is 5.91 Å². The van der Waals surface area contributed by atoms with Crippen molar-refractivity contribution in [1.82, 2.24) is 0 Å². The minimum atomic E-state index is -0.542. The third kappa shape index (κ3) is 5.66. The van der Waals surface area contributed by atoms with Gasteiger partial charge in [0.15, 0.2) is 11.5 Å². The molecule has 0 bridgehead atoms. The molecule has 0 heterocycles. The van der Waals surface area contributed by atoms with E-state index in [0.717, 1.165) is 6.42 Å². The summed E-state index contributed by atoms with van der Waals surface area (Å²) in [5.41, 5.74) is 0.994. The molecule has 0 radical (unpaired) electrons. The Morgan fingerprint density at radius 3 is 2.54 bits per heavy atom. The summed E-state index contributed by atoms with van der Waals surface area (Å²) < 4.78 is 11.2. The van der Waals surface area contributed by atoms with Crippen LogP contribution in [0.3, 0.4) is 0 Å². The van der Waals surface area contributed by atoms with Crippen LogP contribution in [0, 0.1) is 11.3 Å². The number of amides is 1. The number of methoxy groups -OCH3 is 1. The molecule has 2 rings (SSSR count). The average molecular weight is 419 g/mol. The van der Waals surface area contributed by atoms with E-state index in [1.165, 1.54) is 13.2 Å². The van der Waals surface area contributed by atoms with Crippen molar-refractivity contribution in [3.8, 4) is 17.6 Å². The fourth-order valence-electron chi connectivity index (χ4n) is 2.27. The SMILES string of the molecule is CC[C@H](C)Oc1c(Cl)cc(/C=C(/C#N)C(=O)Nc2ccc(Cl)cc2)cc1OC. The summed E-state index contributed by atoms with van der Waals surface area (Å²) in [6, 6.07) is 11.8. The number of anilines is 1. The van der Waals surface area contributed by atoms with Gasteiger partial charge in [0.25, 0.3) is 5.91 Å². The molecule has 1 atom stereocenters. The molecule has 28 heavy (non-hydrogen) atoms. The Kier molecular flexibility index (Phi) is 7.74. The molecule has 0 aliphatic carbocycles. The first-order valence-electron chi connectivity index (χ1n) is 8.60. The van der Waals surface area contributed by atoms with Gasteiger partial charge >= 0.3 is 0 Å². The van der Waals surface area contributed by atoms with Gasteiger partial charge in [0.1, 0.15) is 11.6 Å². The van der Waals surface area contributed by atoms with E-state index in [1.807, 2.05) is 19.9 Å². The zero-order chi connectivity index (χ0) is 20.7. The van der Waals surface area contributed by atoms with Gasteiger partial charge in [-0.1, -0.05) is 30.1 Å². The van der Waals surface area contributed by atoms with Crippen LogP contribution >= 0.6 is 23.2 Å². The summed E-state index contributed by atoms with van der Waals surface area (Å²) in [5, 5.41) is 12.9. The van der Waals surface area contributed by atoms with Gasteiger partial charge in [-0.3, -0.25) is 4.79 Å². The molecule has 5 nitrogen and oxygen atoms in total. The predicted octanol–water partition coefficient (Wildman–Crippen LogP) is 5.72. The number of ether oxygens (including phenoxy) is 2. The van der Waals surface area contributed by atoms with Crippen molar-refractivity contribution in [2.45, 2.75) is 26.4 Å². The molecule has 0 fully saturated rings. The zero-order valence-electron chi connectivity index (χ0n) is 15.8. The van der Waals surface area contributed by atoms with E-state index in [0.29, 0.717) is 32.8 Å². The van der Waals surface area contributed by atoms with Crippen molar-refractivity contribution >= 4 is 40.9 Å². The average Bonchev–Trinajstić information content (AvgIpc) is 2.69. The fourth-order valence-corrected chi connectivity index (χ4v) is 2.66. The first kappa shape index (κ1) is 21.6. The second-order valence-corrected chi connectivity index (χ2v) is 6.85. The van der Waals surface area contributed by atoms with Crippen LogP contribution in [0.4, 0.5) is 5.69 Å². The molecule has 0 aliphatic rings. The first-order chi connectivity index (χ1) is 13.4. The van der Waals surface area contributed by atoms with Crippen LogP contribution in [-0.4, -0.2) is 19.1 Å². The molecule has 0 saturated carbocycles.